The van der Waals surface area contributed by atoms with E-state index < -0.39 is 11.2 Å². The number of hydrogen-bond acceptors (Lipinski definition) is 6. The standard InChI is InChI=1S/C16H14N2O2S2/c1-9-3-5-11(6-4-9)12-7-21-14-13(12)15(18-8-17-14)22-10(2)16(19)20/h3-8,10H,1-2H3,(H,19,20)/p-1. The Labute approximate surface area is 136 Å². The molecule has 1 unspecified atom stereocenters. The van der Waals surface area contributed by atoms with Gasteiger partial charge in [0, 0.05) is 16.2 Å². The van der Waals surface area contributed by atoms with E-state index in [0.717, 1.165) is 21.3 Å². The van der Waals surface area contributed by atoms with E-state index in [1.165, 1.54) is 35.0 Å². The van der Waals surface area contributed by atoms with Crippen molar-refractivity contribution in [2.24, 2.45) is 0 Å². The summed E-state index contributed by atoms with van der Waals surface area (Å²) in [6.45, 7) is 3.65. The molecule has 0 amide bonds. The lowest BCUT2D eigenvalue weighted by Gasteiger charge is -2.12. The van der Waals surface area contributed by atoms with Gasteiger partial charge in [-0.05, 0) is 19.4 Å². The highest BCUT2D eigenvalue weighted by Crippen LogP contribution is 2.38. The van der Waals surface area contributed by atoms with Gasteiger partial charge in [-0.2, -0.15) is 0 Å². The van der Waals surface area contributed by atoms with Crippen molar-refractivity contribution < 1.29 is 9.90 Å². The van der Waals surface area contributed by atoms with E-state index in [1.54, 1.807) is 6.92 Å². The maximum atomic E-state index is 11.0. The summed E-state index contributed by atoms with van der Waals surface area (Å²) in [6, 6.07) is 8.22. The number of nitrogens with zero attached hydrogens (tertiary/aromatic N) is 2. The van der Waals surface area contributed by atoms with Crippen LogP contribution in [0.25, 0.3) is 21.3 Å². The fourth-order valence-corrected chi connectivity index (χ4v) is 3.94. The van der Waals surface area contributed by atoms with Gasteiger partial charge in [-0.25, -0.2) is 9.97 Å². The Morgan fingerprint density at radius 2 is 2.00 bits per heavy atom. The molecule has 0 aliphatic carbocycles. The van der Waals surface area contributed by atoms with E-state index in [0.29, 0.717) is 5.03 Å². The number of carboxylic acids is 1. The lowest BCUT2D eigenvalue weighted by atomic mass is 10.1. The Kier molecular flexibility index (Phi) is 4.13. The van der Waals surface area contributed by atoms with Gasteiger partial charge in [-0.15, -0.1) is 11.3 Å². The molecule has 0 saturated heterocycles. The third-order valence-electron chi connectivity index (χ3n) is 3.32. The second-order valence-electron chi connectivity index (χ2n) is 4.95. The first-order valence-electron chi connectivity index (χ1n) is 6.73. The molecular weight excluding hydrogens is 316 g/mol. The number of thioether (sulfide) groups is 1. The highest BCUT2D eigenvalue weighted by atomic mass is 32.2. The van der Waals surface area contributed by atoms with Crippen molar-refractivity contribution >= 4 is 39.3 Å². The summed E-state index contributed by atoms with van der Waals surface area (Å²) >= 11 is 2.73. The van der Waals surface area contributed by atoms with Crippen molar-refractivity contribution in [3.8, 4) is 11.1 Å². The number of hydrogen-bond donors (Lipinski definition) is 0. The molecule has 0 aliphatic rings. The van der Waals surface area contributed by atoms with Gasteiger partial charge in [-0.3, -0.25) is 0 Å². The summed E-state index contributed by atoms with van der Waals surface area (Å²) in [5.41, 5.74) is 3.31. The number of fused-ring (bicyclic) bond motifs is 1. The average Bonchev–Trinajstić information content (AvgIpc) is 2.93. The van der Waals surface area contributed by atoms with E-state index in [-0.39, 0.29) is 0 Å². The third-order valence-corrected chi connectivity index (χ3v) is 5.28. The molecule has 112 valence electrons. The molecule has 4 nitrogen and oxygen atoms in total. The normalized spacial score (nSPS) is 12.5. The van der Waals surface area contributed by atoms with E-state index in [2.05, 4.69) is 34.2 Å². The van der Waals surface area contributed by atoms with Crippen molar-refractivity contribution in [1.29, 1.82) is 0 Å². The first-order chi connectivity index (χ1) is 10.6. The predicted molar refractivity (Wildman–Crippen MR) is 87.9 cm³/mol. The summed E-state index contributed by atoms with van der Waals surface area (Å²) in [5, 5.41) is 14.0. The quantitative estimate of drug-likeness (QED) is 0.544. The largest absolute Gasteiger partial charge is 0.549 e. The molecule has 2 heterocycles. The number of thiophene rings is 1. The lowest BCUT2D eigenvalue weighted by Crippen LogP contribution is -2.31. The van der Waals surface area contributed by atoms with Gasteiger partial charge < -0.3 is 9.90 Å². The Morgan fingerprint density at radius 1 is 1.27 bits per heavy atom. The highest BCUT2D eigenvalue weighted by molar-refractivity contribution is 8.00. The van der Waals surface area contributed by atoms with Gasteiger partial charge in [0.1, 0.15) is 16.2 Å². The first kappa shape index (κ1) is 15.0. The topological polar surface area (TPSA) is 65.9 Å². The summed E-state index contributed by atoms with van der Waals surface area (Å²) < 4.78 is 0. The number of aromatic nitrogens is 2. The van der Waals surface area contributed by atoms with Crippen molar-refractivity contribution in [2.75, 3.05) is 0 Å². The van der Waals surface area contributed by atoms with E-state index in [9.17, 15) is 9.90 Å². The molecule has 3 rings (SSSR count). The molecular formula is C16H13N2O2S2-. The van der Waals surface area contributed by atoms with Crippen LogP contribution in [0.15, 0.2) is 41.0 Å². The molecule has 1 aromatic carbocycles. The van der Waals surface area contributed by atoms with Crippen LogP contribution in [0.3, 0.4) is 0 Å². The third kappa shape index (κ3) is 2.84. The van der Waals surface area contributed by atoms with Crippen LogP contribution in [0.1, 0.15) is 12.5 Å². The second kappa shape index (κ2) is 6.06. The Bertz CT molecular complexity index is 828. The fraction of sp³-hybridized carbons (Fsp3) is 0.188. The van der Waals surface area contributed by atoms with Crippen molar-refractivity contribution in [1.82, 2.24) is 9.97 Å². The van der Waals surface area contributed by atoms with Crippen LogP contribution in [-0.2, 0) is 4.79 Å². The molecule has 0 N–H and O–H groups in total. The van der Waals surface area contributed by atoms with Crippen LogP contribution in [0.2, 0.25) is 0 Å². The minimum atomic E-state index is -1.09. The summed E-state index contributed by atoms with van der Waals surface area (Å²) in [5.74, 6) is -1.09. The molecule has 0 spiro atoms. The summed E-state index contributed by atoms with van der Waals surface area (Å²) in [4.78, 5) is 20.4. The molecule has 0 radical (unpaired) electrons. The summed E-state index contributed by atoms with van der Waals surface area (Å²) in [7, 11) is 0. The van der Waals surface area contributed by atoms with Crippen LogP contribution in [0, 0.1) is 6.92 Å². The Balaban J connectivity index is 2.12. The second-order valence-corrected chi connectivity index (χ2v) is 7.14. The van der Waals surface area contributed by atoms with Gasteiger partial charge >= 0.3 is 0 Å². The number of carboxylic acid groups (broad SMARTS) is 1. The first-order valence-corrected chi connectivity index (χ1v) is 8.49. The van der Waals surface area contributed by atoms with E-state index >= 15 is 0 Å². The Hall–Kier alpha value is -1.92. The number of carbonyl (C=O) groups excluding carboxylic acids is 1. The Morgan fingerprint density at radius 3 is 2.68 bits per heavy atom. The zero-order chi connectivity index (χ0) is 15.7. The monoisotopic (exact) mass is 329 g/mol. The van der Waals surface area contributed by atoms with E-state index in [1.807, 2.05) is 12.3 Å². The average molecular weight is 329 g/mol. The maximum Gasteiger partial charge on any atom is 0.128 e. The zero-order valence-electron chi connectivity index (χ0n) is 12.1. The molecule has 1 atom stereocenters. The highest BCUT2D eigenvalue weighted by Gasteiger charge is 2.16. The number of aryl methyl sites for hydroxylation is 1. The molecule has 0 fully saturated rings. The minimum absolute atomic E-state index is 0.663. The van der Waals surface area contributed by atoms with Crippen LogP contribution in [0.4, 0.5) is 0 Å². The SMILES string of the molecule is Cc1ccc(-c2csc3ncnc(SC(C)C(=O)[O-])c23)cc1. The van der Waals surface area contributed by atoms with Crippen LogP contribution >= 0.6 is 23.1 Å². The van der Waals surface area contributed by atoms with Crippen LogP contribution in [0.5, 0.6) is 0 Å². The van der Waals surface area contributed by atoms with Gasteiger partial charge in [0.15, 0.2) is 0 Å². The molecule has 0 bridgehead atoms. The smallest absolute Gasteiger partial charge is 0.128 e. The van der Waals surface area contributed by atoms with Crippen molar-refractivity contribution in [3.63, 3.8) is 0 Å². The maximum absolute atomic E-state index is 11.0. The number of rotatable bonds is 4. The zero-order valence-corrected chi connectivity index (χ0v) is 13.7. The van der Waals surface area contributed by atoms with Gasteiger partial charge in [0.2, 0.25) is 0 Å². The molecule has 22 heavy (non-hydrogen) atoms. The van der Waals surface area contributed by atoms with E-state index in [4.69, 9.17) is 0 Å². The van der Waals surface area contributed by atoms with Crippen LogP contribution < -0.4 is 5.11 Å². The minimum Gasteiger partial charge on any atom is -0.549 e. The molecule has 3 aromatic rings. The number of benzene rings is 1. The van der Waals surface area contributed by atoms with Crippen molar-refractivity contribution in [3.05, 3.63) is 41.5 Å². The summed E-state index contributed by atoms with van der Waals surface area (Å²) in [6.07, 6.45) is 1.47. The van der Waals surface area contributed by atoms with Gasteiger partial charge in [0.25, 0.3) is 0 Å². The predicted octanol–water partition coefficient (Wildman–Crippen LogP) is 2.90. The van der Waals surface area contributed by atoms with Gasteiger partial charge in [0.05, 0.1) is 11.4 Å². The lowest BCUT2D eigenvalue weighted by molar-refractivity contribution is -0.304. The number of aliphatic carboxylic acids is 1. The molecule has 0 aliphatic heterocycles. The number of carbonyl (C=O) groups is 1. The fourth-order valence-electron chi connectivity index (χ4n) is 2.10. The molecule has 2 aromatic heterocycles. The molecule has 6 heteroatoms. The van der Waals surface area contributed by atoms with Crippen LogP contribution in [-0.4, -0.2) is 21.2 Å². The molecule has 0 saturated carbocycles. The van der Waals surface area contributed by atoms with Gasteiger partial charge in [-0.1, -0.05) is 41.6 Å². The van der Waals surface area contributed by atoms with Crippen molar-refractivity contribution in [2.45, 2.75) is 24.1 Å².